The number of nitrogens with two attached hydrogens (primary N) is 1. The van der Waals surface area contributed by atoms with Crippen molar-refractivity contribution in [2.45, 2.75) is 24.3 Å². The molecule has 1 aliphatic heterocycles. The van der Waals surface area contributed by atoms with Crippen molar-refractivity contribution < 1.29 is 17.9 Å². The molecule has 0 amide bonds. The number of hydrogen-bond donors (Lipinski definition) is 2. The van der Waals surface area contributed by atoms with E-state index in [1.807, 2.05) is 6.92 Å². The van der Waals surface area contributed by atoms with Crippen LogP contribution >= 0.6 is 0 Å². The summed E-state index contributed by atoms with van der Waals surface area (Å²) in [6.07, 6.45) is 0.863. The maximum atomic E-state index is 14.0. The van der Waals surface area contributed by atoms with Gasteiger partial charge >= 0.3 is 0 Å². The Labute approximate surface area is 111 Å². The summed E-state index contributed by atoms with van der Waals surface area (Å²) in [5, 5.41) is 14.3. The van der Waals surface area contributed by atoms with Crippen LogP contribution in [0.3, 0.4) is 0 Å². The Hall–Kier alpha value is -1.18. The maximum Gasteiger partial charge on any atom is 0.238 e. The number of rotatable bonds is 3. The molecule has 1 aromatic rings. The second-order valence-electron chi connectivity index (χ2n) is 4.87. The van der Waals surface area contributed by atoms with E-state index < -0.39 is 15.8 Å². The highest BCUT2D eigenvalue weighted by molar-refractivity contribution is 7.89. The van der Waals surface area contributed by atoms with Gasteiger partial charge in [0, 0.05) is 6.54 Å². The first-order chi connectivity index (χ1) is 8.84. The first-order valence-corrected chi connectivity index (χ1v) is 7.59. The van der Waals surface area contributed by atoms with E-state index in [-0.39, 0.29) is 23.5 Å². The monoisotopic (exact) mass is 288 g/mol. The molecule has 0 radical (unpaired) electrons. The molecule has 2 atom stereocenters. The topological polar surface area (TPSA) is 83.6 Å². The number of anilines is 1. The molecule has 1 saturated heterocycles. The minimum absolute atomic E-state index is 0.0580. The lowest BCUT2D eigenvalue weighted by molar-refractivity contribution is 0.244. The van der Waals surface area contributed by atoms with Gasteiger partial charge in [0.05, 0.1) is 23.2 Å². The van der Waals surface area contributed by atoms with E-state index in [9.17, 15) is 17.9 Å². The number of aliphatic hydroxyl groups is 1. The fraction of sp³-hybridized carbons (Fsp3) is 0.500. The molecule has 2 rings (SSSR count). The molecule has 0 aliphatic carbocycles. The molecule has 1 aliphatic rings. The lowest BCUT2D eigenvalue weighted by Crippen LogP contribution is -2.35. The summed E-state index contributed by atoms with van der Waals surface area (Å²) in [6, 6.07) is 3.46. The average Bonchev–Trinajstić information content (AvgIpc) is 2.69. The summed E-state index contributed by atoms with van der Waals surface area (Å²) in [5.41, 5.74) is 0.302. The van der Waals surface area contributed by atoms with Crippen molar-refractivity contribution in [3.63, 3.8) is 0 Å². The van der Waals surface area contributed by atoms with Crippen molar-refractivity contribution >= 4 is 15.7 Å². The van der Waals surface area contributed by atoms with Gasteiger partial charge in [0.25, 0.3) is 0 Å². The molecule has 0 aromatic heterocycles. The smallest absolute Gasteiger partial charge is 0.238 e. The maximum absolute atomic E-state index is 14.0. The van der Waals surface area contributed by atoms with Crippen molar-refractivity contribution in [2.75, 3.05) is 18.1 Å². The lowest BCUT2D eigenvalue weighted by atomic mass is 10.0. The van der Waals surface area contributed by atoms with Gasteiger partial charge in [-0.15, -0.1) is 0 Å². The van der Waals surface area contributed by atoms with Gasteiger partial charge in [-0.1, -0.05) is 6.92 Å². The van der Waals surface area contributed by atoms with Crippen LogP contribution in [0, 0.1) is 11.7 Å². The second kappa shape index (κ2) is 5.07. The molecular weight excluding hydrogens is 271 g/mol. The summed E-state index contributed by atoms with van der Waals surface area (Å²) in [6.45, 7) is 2.58. The number of aliphatic hydroxyl groups excluding tert-OH is 1. The fourth-order valence-corrected chi connectivity index (χ4v) is 3.01. The van der Waals surface area contributed by atoms with Crippen LogP contribution in [0.2, 0.25) is 0 Å². The average molecular weight is 288 g/mol. The summed E-state index contributed by atoms with van der Waals surface area (Å²) in [7, 11) is -3.90. The van der Waals surface area contributed by atoms with E-state index >= 15 is 0 Å². The Morgan fingerprint density at radius 1 is 1.53 bits per heavy atom. The van der Waals surface area contributed by atoms with Gasteiger partial charge in [-0.2, -0.15) is 0 Å². The third-order valence-corrected chi connectivity index (χ3v) is 4.54. The number of primary sulfonamides is 1. The zero-order valence-corrected chi connectivity index (χ0v) is 11.4. The second-order valence-corrected chi connectivity index (χ2v) is 6.43. The Morgan fingerprint density at radius 3 is 2.74 bits per heavy atom. The van der Waals surface area contributed by atoms with Crippen LogP contribution in [-0.4, -0.2) is 32.7 Å². The van der Waals surface area contributed by atoms with Gasteiger partial charge in [-0.25, -0.2) is 17.9 Å². The molecule has 1 heterocycles. The van der Waals surface area contributed by atoms with Gasteiger partial charge in [-0.05, 0) is 30.5 Å². The van der Waals surface area contributed by atoms with E-state index in [1.165, 1.54) is 12.1 Å². The molecule has 106 valence electrons. The third-order valence-electron chi connectivity index (χ3n) is 3.63. The number of benzene rings is 1. The molecule has 1 fully saturated rings. The van der Waals surface area contributed by atoms with Gasteiger partial charge in [0.2, 0.25) is 10.0 Å². The Bertz CT molecular complexity index is 576. The zero-order valence-electron chi connectivity index (χ0n) is 10.6. The Kier molecular flexibility index (Phi) is 3.80. The summed E-state index contributed by atoms with van der Waals surface area (Å²) < 4.78 is 36.3. The highest BCUT2D eigenvalue weighted by Crippen LogP contribution is 2.32. The summed E-state index contributed by atoms with van der Waals surface area (Å²) in [4.78, 5) is 1.52. The number of sulfonamides is 1. The number of halogens is 1. The zero-order chi connectivity index (χ0) is 14.2. The van der Waals surface area contributed by atoms with Crippen LogP contribution in [0.1, 0.15) is 13.3 Å². The predicted octanol–water partition coefficient (Wildman–Crippen LogP) is 0.680. The van der Waals surface area contributed by atoms with Gasteiger partial charge < -0.3 is 10.0 Å². The van der Waals surface area contributed by atoms with Gasteiger partial charge in [0.15, 0.2) is 0 Å². The molecular formula is C12H17FN2O3S. The van der Waals surface area contributed by atoms with Crippen LogP contribution in [0.4, 0.5) is 10.1 Å². The first kappa shape index (κ1) is 14.2. The molecule has 19 heavy (non-hydrogen) atoms. The highest BCUT2D eigenvalue weighted by atomic mass is 32.2. The highest BCUT2D eigenvalue weighted by Gasteiger charge is 2.32. The third kappa shape index (κ3) is 2.72. The van der Waals surface area contributed by atoms with E-state index in [0.717, 1.165) is 12.5 Å². The Balaban J connectivity index is 2.37. The van der Waals surface area contributed by atoms with Crippen molar-refractivity contribution in [2.24, 2.45) is 11.1 Å². The normalized spacial score (nSPS) is 23.9. The predicted molar refractivity (Wildman–Crippen MR) is 69.8 cm³/mol. The summed E-state index contributed by atoms with van der Waals surface area (Å²) in [5.74, 6) is -0.374. The van der Waals surface area contributed by atoms with E-state index in [0.29, 0.717) is 12.2 Å². The summed E-state index contributed by atoms with van der Waals surface area (Å²) >= 11 is 0. The molecule has 1 aromatic carbocycles. The standard InChI is InChI=1S/C12H17FN2O3S/c1-8-4-5-15(12(8)7-16)11-3-2-9(6-10(11)13)19(14,17)18/h2-3,6,8,12,16H,4-5,7H2,1H3,(H2,14,17,18). The van der Waals surface area contributed by atoms with Crippen molar-refractivity contribution in [1.29, 1.82) is 0 Å². The largest absolute Gasteiger partial charge is 0.394 e. The molecule has 3 N–H and O–H groups in total. The molecule has 2 unspecified atom stereocenters. The quantitative estimate of drug-likeness (QED) is 0.856. The van der Waals surface area contributed by atoms with Crippen LogP contribution in [-0.2, 0) is 10.0 Å². The minimum Gasteiger partial charge on any atom is -0.394 e. The molecule has 7 heteroatoms. The molecule has 5 nitrogen and oxygen atoms in total. The van der Waals surface area contributed by atoms with Crippen LogP contribution in [0.25, 0.3) is 0 Å². The van der Waals surface area contributed by atoms with Crippen LogP contribution < -0.4 is 10.0 Å². The molecule has 0 saturated carbocycles. The first-order valence-electron chi connectivity index (χ1n) is 6.04. The number of nitrogens with zero attached hydrogens (tertiary/aromatic N) is 1. The molecule has 0 bridgehead atoms. The van der Waals surface area contributed by atoms with Crippen molar-refractivity contribution in [3.8, 4) is 0 Å². The lowest BCUT2D eigenvalue weighted by Gasteiger charge is -2.27. The fourth-order valence-electron chi connectivity index (χ4n) is 2.48. The van der Waals surface area contributed by atoms with E-state index in [4.69, 9.17) is 5.14 Å². The van der Waals surface area contributed by atoms with Crippen molar-refractivity contribution in [1.82, 2.24) is 0 Å². The molecule has 0 spiro atoms. The van der Waals surface area contributed by atoms with Crippen molar-refractivity contribution in [3.05, 3.63) is 24.0 Å². The van der Waals surface area contributed by atoms with Gasteiger partial charge in [-0.3, -0.25) is 0 Å². The van der Waals surface area contributed by atoms with E-state index in [1.54, 1.807) is 4.90 Å². The Morgan fingerprint density at radius 2 is 2.21 bits per heavy atom. The van der Waals surface area contributed by atoms with Crippen LogP contribution in [0.5, 0.6) is 0 Å². The van der Waals surface area contributed by atoms with E-state index in [2.05, 4.69) is 0 Å². The number of hydrogen-bond acceptors (Lipinski definition) is 4. The SMILES string of the molecule is CC1CCN(c2ccc(S(N)(=O)=O)cc2F)C1CO. The van der Waals surface area contributed by atoms with Crippen LogP contribution in [0.15, 0.2) is 23.1 Å². The van der Waals surface area contributed by atoms with Gasteiger partial charge in [0.1, 0.15) is 5.82 Å². The minimum atomic E-state index is -3.90.